The average molecular weight is 309 g/mol. The largest absolute Gasteiger partial charge is 0.399 e. The number of nitrogens with two attached hydrogens (primary N) is 1. The lowest BCUT2D eigenvalue weighted by molar-refractivity contribution is -0.0963. The second kappa shape index (κ2) is 5.36. The molecule has 2 aromatic carbocycles. The number of fused-ring (bicyclic) bond motifs is 3. The van der Waals surface area contributed by atoms with Crippen LogP contribution >= 0.6 is 9.24 Å². The van der Waals surface area contributed by atoms with E-state index < -0.39 is 11.3 Å². The lowest BCUT2D eigenvalue weighted by atomic mass is 9.91. The van der Waals surface area contributed by atoms with Crippen LogP contribution < -0.4 is 5.73 Å². The van der Waals surface area contributed by atoms with Crippen molar-refractivity contribution < 1.29 is 13.9 Å². The van der Waals surface area contributed by atoms with E-state index in [4.69, 9.17) is 5.73 Å². The van der Waals surface area contributed by atoms with Gasteiger partial charge < -0.3 is 10.8 Å². The van der Waals surface area contributed by atoms with Gasteiger partial charge in [-0.3, -0.25) is 0 Å². The third kappa shape index (κ3) is 2.23. The predicted octanol–water partition coefficient (Wildman–Crippen LogP) is 3.98. The van der Waals surface area contributed by atoms with Crippen molar-refractivity contribution in [3.8, 4) is 11.1 Å². The van der Waals surface area contributed by atoms with Crippen LogP contribution in [0.3, 0.4) is 0 Å². The van der Waals surface area contributed by atoms with Crippen LogP contribution in [0.25, 0.3) is 11.1 Å². The zero-order valence-corrected chi connectivity index (χ0v) is 13.1. The van der Waals surface area contributed by atoms with Crippen molar-refractivity contribution in [1.82, 2.24) is 0 Å². The zero-order chi connectivity index (χ0) is 15.8. The van der Waals surface area contributed by atoms with Crippen LogP contribution in [0.1, 0.15) is 25.0 Å². The number of rotatable bonds is 1. The van der Waals surface area contributed by atoms with E-state index in [9.17, 15) is 13.9 Å². The van der Waals surface area contributed by atoms with Crippen molar-refractivity contribution in [2.24, 2.45) is 0 Å². The molecule has 1 aliphatic rings. The molecule has 0 amide bonds. The van der Waals surface area contributed by atoms with Crippen molar-refractivity contribution in [1.29, 1.82) is 0 Å². The summed E-state index contributed by atoms with van der Waals surface area (Å²) < 4.78 is 27.9. The maximum absolute atomic E-state index is 14.0. The Morgan fingerprint density at radius 3 is 2.24 bits per heavy atom. The molecule has 112 valence electrons. The topological polar surface area (TPSA) is 46.2 Å². The van der Waals surface area contributed by atoms with E-state index in [0.29, 0.717) is 16.8 Å². The summed E-state index contributed by atoms with van der Waals surface area (Å²) in [6, 6.07) is 11.3. The molecule has 0 fully saturated rings. The summed E-state index contributed by atoms with van der Waals surface area (Å²) in [4.78, 5) is 0. The fraction of sp³-hybridized carbons (Fsp3) is 0.250. The first kappa shape index (κ1) is 15.9. The number of benzene rings is 2. The molecular weight excluding hydrogens is 291 g/mol. The normalized spacial score (nSPS) is 19.3. The molecule has 5 heteroatoms. The molecule has 0 spiro atoms. The van der Waals surface area contributed by atoms with Gasteiger partial charge in [0.05, 0.1) is 0 Å². The third-order valence-corrected chi connectivity index (χ3v) is 3.94. The van der Waals surface area contributed by atoms with E-state index in [1.807, 2.05) is 13.8 Å². The summed E-state index contributed by atoms with van der Waals surface area (Å²) in [6.07, 6.45) is 0. The Hall–Kier alpha value is -1.51. The fourth-order valence-electron chi connectivity index (χ4n) is 2.63. The lowest BCUT2D eigenvalue weighted by Crippen LogP contribution is -2.40. The van der Waals surface area contributed by atoms with Crippen molar-refractivity contribution in [2.45, 2.75) is 25.1 Å². The highest BCUT2D eigenvalue weighted by atomic mass is 31.0. The molecular formula is C16H18F2NOP. The van der Waals surface area contributed by atoms with Gasteiger partial charge in [-0.1, -0.05) is 53.4 Å². The van der Waals surface area contributed by atoms with Crippen LogP contribution in [0.15, 0.2) is 42.5 Å². The smallest absolute Gasteiger partial charge is 0.295 e. The Bertz CT molecular complexity index is 670. The Morgan fingerprint density at radius 2 is 1.62 bits per heavy atom. The lowest BCUT2D eigenvalue weighted by Gasteiger charge is -2.31. The van der Waals surface area contributed by atoms with E-state index in [2.05, 4.69) is 0 Å². The number of hydrogen-bond acceptors (Lipinski definition) is 2. The van der Waals surface area contributed by atoms with E-state index in [1.54, 1.807) is 30.3 Å². The zero-order valence-electron chi connectivity index (χ0n) is 11.9. The number of alkyl halides is 2. The molecule has 2 nitrogen and oxygen atoms in total. The second-order valence-electron chi connectivity index (χ2n) is 4.68. The maximum Gasteiger partial charge on any atom is 0.295 e. The van der Waals surface area contributed by atoms with E-state index >= 15 is 0 Å². The van der Waals surface area contributed by atoms with Crippen LogP contribution in [0.2, 0.25) is 0 Å². The molecule has 0 saturated heterocycles. The molecule has 0 heterocycles. The number of aliphatic hydroxyl groups is 1. The van der Waals surface area contributed by atoms with Gasteiger partial charge in [-0.05, 0) is 23.3 Å². The van der Waals surface area contributed by atoms with Gasteiger partial charge in [-0.15, -0.1) is 0 Å². The van der Waals surface area contributed by atoms with Gasteiger partial charge in [-0.25, -0.2) is 0 Å². The van der Waals surface area contributed by atoms with Gasteiger partial charge >= 0.3 is 0 Å². The van der Waals surface area contributed by atoms with Crippen LogP contribution in [-0.4, -0.2) is 10.8 Å². The van der Waals surface area contributed by atoms with Gasteiger partial charge in [0, 0.05) is 16.8 Å². The minimum atomic E-state index is -3.39. The molecule has 0 radical (unpaired) electrons. The number of nitrogen functional groups attached to an aromatic ring is 1. The monoisotopic (exact) mass is 309 g/mol. The van der Waals surface area contributed by atoms with Crippen molar-refractivity contribution >= 4 is 14.9 Å². The Balaban J connectivity index is 0.000000774. The maximum atomic E-state index is 14.0. The number of hydrogen-bond donors (Lipinski definition) is 2. The van der Waals surface area contributed by atoms with Gasteiger partial charge in [0.2, 0.25) is 0 Å². The van der Waals surface area contributed by atoms with Gasteiger partial charge in [0.1, 0.15) is 0 Å². The van der Waals surface area contributed by atoms with Crippen molar-refractivity contribution in [3.63, 3.8) is 0 Å². The average Bonchev–Trinajstić information content (AvgIpc) is 2.72. The summed E-state index contributed by atoms with van der Waals surface area (Å²) in [7, 11) is 1.43. The molecule has 2 aromatic rings. The van der Waals surface area contributed by atoms with Crippen molar-refractivity contribution in [3.05, 3.63) is 53.6 Å². The summed E-state index contributed by atoms with van der Waals surface area (Å²) in [6.45, 7) is 4.00. The molecule has 0 aliphatic heterocycles. The van der Waals surface area contributed by atoms with E-state index in [0.717, 1.165) is 0 Å². The minimum Gasteiger partial charge on any atom is -0.399 e. The molecule has 21 heavy (non-hydrogen) atoms. The van der Waals surface area contributed by atoms with Crippen molar-refractivity contribution in [2.75, 3.05) is 5.73 Å². The fourth-order valence-corrected chi connectivity index (χ4v) is 2.94. The first-order chi connectivity index (χ1) is 9.85. The molecule has 2 unspecified atom stereocenters. The highest BCUT2D eigenvalue weighted by molar-refractivity contribution is 7.18. The Morgan fingerprint density at radius 1 is 1.05 bits per heavy atom. The second-order valence-corrected chi connectivity index (χ2v) is 5.41. The highest BCUT2D eigenvalue weighted by Crippen LogP contribution is 2.56. The van der Waals surface area contributed by atoms with Gasteiger partial charge in [0.15, 0.2) is 5.60 Å². The minimum absolute atomic E-state index is 0.147. The molecule has 2 atom stereocenters. The molecule has 1 aliphatic carbocycles. The Kier molecular flexibility index (Phi) is 4.05. The van der Waals surface area contributed by atoms with Crippen LogP contribution in [0.5, 0.6) is 0 Å². The quantitative estimate of drug-likeness (QED) is 0.618. The van der Waals surface area contributed by atoms with E-state index in [1.165, 1.54) is 21.4 Å². The van der Waals surface area contributed by atoms with Gasteiger partial charge in [-0.2, -0.15) is 8.78 Å². The first-order valence-electron chi connectivity index (χ1n) is 6.74. The molecule has 0 bridgehead atoms. The van der Waals surface area contributed by atoms with E-state index in [-0.39, 0.29) is 11.1 Å². The van der Waals surface area contributed by atoms with Gasteiger partial charge in [0.25, 0.3) is 5.66 Å². The summed E-state index contributed by atoms with van der Waals surface area (Å²) in [5.74, 6) is 0. The standard InChI is InChI=1S/C14H12F2NOP.C2H6/c15-14(16,19)13(18)11-4-2-1-3-9(11)10-6-5-8(17)7-12(10)13;1-2/h1-7,18H,17,19H2;1-2H3. The SMILES string of the molecule is CC.Nc1ccc2c(c1)C(O)(C(F)(F)P)c1ccccc1-2. The summed E-state index contributed by atoms with van der Waals surface area (Å²) in [5.41, 5.74) is 1.82. The summed E-state index contributed by atoms with van der Waals surface area (Å²) >= 11 is 0. The highest BCUT2D eigenvalue weighted by Gasteiger charge is 2.56. The number of halogens is 2. The molecule has 3 N–H and O–H groups in total. The summed E-state index contributed by atoms with van der Waals surface area (Å²) in [5, 5.41) is 10.6. The third-order valence-electron chi connectivity index (χ3n) is 3.52. The predicted molar refractivity (Wildman–Crippen MR) is 85.3 cm³/mol. The first-order valence-corrected chi connectivity index (χ1v) is 7.32. The molecule has 0 saturated carbocycles. The van der Waals surface area contributed by atoms with Crippen LogP contribution in [0, 0.1) is 0 Å². The van der Waals surface area contributed by atoms with Crippen LogP contribution in [-0.2, 0) is 5.60 Å². The van der Waals surface area contributed by atoms with Crippen LogP contribution in [0.4, 0.5) is 14.5 Å². The number of anilines is 1. The molecule has 3 rings (SSSR count). The molecule has 0 aromatic heterocycles. The Labute approximate surface area is 125 Å².